The molecule has 34 heavy (non-hydrogen) atoms. The summed E-state index contributed by atoms with van der Waals surface area (Å²) in [6.07, 6.45) is 0.383. The molecule has 9 heteroatoms. The van der Waals surface area contributed by atoms with E-state index in [-0.39, 0.29) is 30.0 Å². The van der Waals surface area contributed by atoms with E-state index in [1.54, 1.807) is 11.0 Å². The van der Waals surface area contributed by atoms with Crippen molar-refractivity contribution < 1.29 is 23.4 Å². The average Bonchev–Trinajstić information content (AvgIpc) is 3.22. The highest BCUT2D eigenvalue weighted by Crippen LogP contribution is 2.37. The van der Waals surface area contributed by atoms with Gasteiger partial charge in [-0.05, 0) is 63.3 Å². The lowest BCUT2D eigenvalue weighted by Crippen LogP contribution is -2.67. The minimum Gasteiger partial charge on any atom is -0.386 e. The maximum atomic E-state index is 14.7. The number of nitrogens with zero attached hydrogens (tertiary/aromatic N) is 3. The summed E-state index contributed by atoms with van der Waals surface area (Å²) in [4.78, 5) is 5.97. The number of anilines is 2. The third-order valence-corrected chi connectivity index (χ3v) is 6.98. The van der Waals surface area contributed by atoms with E-state index in [9.17, 15) is 23.4 Å². The van der Waals surface area contributed by atoms with Gasteiger partial charge in [0.25, 0.3) is 0 Å². The fourth-order valence-electron chi connectivity index (χ4n) is 4.97. The van der Waals surface area contributed by atoms with Gasteiger partial charge in [0.1, 0.15) is 17.6 Å². The number of hydrogen-bond acceptors (Lipinski definition) is 6. The molecule has 4 rings (SSSR count). The third-order valence-electron chi connectivity index (χ3n) is 6.98. The molecule has 2 heterocycles. The number of aryl methyl sites for hydroxylation is 1. The lowest BCUT2D eigenvalue weighted by Gasteiger charge is -2.50. The molecule has 0 bridgehead atoms. The van der Waals surface area contributed by atoms with Gasteiger partial charge in [-0.2, -0.15) is 0 Å². The lowest BCUT2D eigenvalue weighted by molar-refractivity contribution is -0.171. The molecule has 2 aromatic carbocycles. The number of likely N-dealkylation sites (N-methyl/N-ethyl adjacent to an activating group) is 2. The van der Waals surface area contributed by atoms with Gasteiger partial charge in [0.15, 0.2) is 11.6 Å². The van der Waals surface area contributed by atoms with Crippen LogP contribution in [0.5, 0.6) is 0 Å². The van der Waals surface area contributed by atoms with Gasteiger partial charge in [-0.1, -0.05) is 13.0 Å². The summed E-state index contributed by atoms with van der Waals surface area (Å²) in [6.45, 7) is 4.66. The Kier molecular flexibility index (Phi) is 7.21. The number of hydrogen-bond donors (Lipinski definition) is 3. The molecule has 2 aliphatic rings. The smallest absolute Gasteiger partial charge is 0.182 e. The second kappa shape index (κ2) is 9.83. The fourth-order valence-corrected chi connectivity index (χ4v) is 4.97. The zero-order valence-corrected chi connectivity index (χ0v) is 19.9. The molecule has 2 fully saturated rings. The molecule has 2 aliphatic heterocycles. The molecule has 2 unspecified atom stereocenters. The van der Waals surface area contributed by atoms with Crippen LogP contribution in [0.1, 0.15) is 30.7 Å². The number of β-amino-alcohol motifs (C(OH)–C–C–N with tert-alkyl or cyclic N) is 1. The maximum absolute atomic E-state index is 14.7. The molecule has 0 spiro atoms. The van der Waals surface area contributed by atoms with Gasteiger partial charge < -0.3 is 20.4 Å². The lowest BCUT2D eigenvalue weighted by atomic mass is 9.91. The summed E-state index contributed by atoms with van der Waals surface area (Å²) in [6, 6.07) is 7.08. The van der Waals surface area contributed by atoms with Crippen molar-refractivity contribution in [3.8, 4) is 0 Å². The highest BCUT2D eigenvalue weighted by molar-refractivity contribution is 5.65. The van der Waals surface area contributed by atoms with Gasteiger partial charge in [-0.25, -0.2) is 13.2 Å². The van der Waals surface area contributed by atoms with Crippen molar-refractivity contribution in [2.45, 2.75) is 37.6 Å². The van der Waals surface area contributed by atoms with E-state index in [0.717, 1.165) is 31.1 Å². The Hall–Kier alpha value is -2.17. The number of nitrogens with one attached hydrogen (secondary N) is 1. The molecule has 3 N–H and O–H groups in total. The van der Waals surface area contributed by atoms with E-state index in [4.69, 9.17) is 0 Å². The second-order valence-corrected chi connectivity index (χ2v) is 9.74. The van der Waals surface area contributed by atoms with Crippen molar-refractivity contribution in [1.29, 1.82) is 0 Å². The van der Waals surface area contributed by atoms with E-state index in [2.05, 4.69) is 22.2 Å². The molecule has 186 valence electrons. The molecule has 0 amide bonds. The van der Waals surface area contributed by atoms with Gasteiger partial charge in [0, 0.05) is 37.8 Å². The first-order chi connectivity index (χ1) is 16.1. The molecule has 0 aliphatic carbocycles. The SMILES string of the molecule is CCc1ccc(Nc2c(C(O)N3CC(O)(CN(C)C4CCN(C)C4)C3)ccc(F)c2F)c(F)c1. The zero-order chi connectivity index (χ0) is 24.6. The predicted octanol–water partition coefficient (Wildman–Crippen LogP) is 3.08. The van der Waals surface area contributed by atoms with Gasteiger partial charge in [0.05, 0.1) is 11.4 Å². The number of likely N-dealkylation sites (tertiary alicyclic amines) is 2. The molecule has 0 aromatic heterocycles. The minimum absolute atomic E-state index is 0.0154. The fraction of sp³-hybridized carbons (Fsp3) is 0.520. The summed E-state index contributed by atoms with van der Waals surface area (Å²) >= 11 is 0. The van der Waals surface area contributed by atoms with Crippen molar-refractivity contribution in [3.05, 3.63) is 58.9 Å². The van der Waals surface area contributed by atoms with E-state index < -0.39 is 29.3 Å². The normalized spacial score (nSPS) is 21.6. The number of aliphatic hydroxyl groups is 2. The predicted molar refractivity (Wildman–Crippen MR) is 125 cm³/mol. The van der Waals surface area contributed by atoms with Gasteiger partial charge >= 0.3 is 0 Å². The highest BCUT2D eigenvalue weighted by atomic mass is 19.2. The van der Waals surface area contributed by atoms with E-state index >= 15 is 0 Å². The van der Waals surface area contributed by atoms with Crippen LogP contribution < -0.4 is 5.32 Å². The molecule has 2 aromatic rings. The quantitative estimate of drug-likeness (QED) is 0.542. The summed E-state index contributed by atoms with van der Waals surface area (Å²) in [7, 11) is 4.05. The number of rotatable bonds is 8. The van der Waals surface area contributed by atoms with Crippen LogP contribution in [-0.4, -0.2) is 83.4 Å². The monoisotopic (exact) mass is 478 g/mol. The molecule has 2 atom stereocenters. The molecule has 0 radical (unpaired) electrons. The van der Waals surface area contributed by atoms with Gasteiger partial charge in [-0.15, -0.1) is 0 Å². The van der Waals surface area contributed by atoms with E-state index in [0.29, 0.717) is 19.0 Å². The van der Waals surface area contributed by atoms with Crippen LogP contribution in [0.25, 0.3) is 0 Å². The Morgan fingerprint density at radius 3 is 2.53 bits per heavy atom. The Morgan fingerprint density at radius 1 is 1.18 bits per heavy atom. The van der Waals surface area contributed by atoms with Crippen molar-refractivity contribution in [2.75, 3.05) is 52.1 Å². The Labute approximate surface area is 198 Å². The Bertz CT molecular complexity index is 1030. The van der Waals surface area contributed by atoms with Crippen LogP contribution in [0.4, 0.5) is 24.5 Å². The Morgan fingerprint density at radius 2 is 1.91 bits per heavy atom. The van der Waals surface area contributed by atoms with Crippen LogP contribution >= 0.6 is 0 Å². The van der Waals surface area contributed by atoms with Crippen molar-refractivity contribution in [3.63, 3.8) is 0 Å². The number of halogens is 3. The van der Waals surface area contributed by atoms with Crippen LogP contribution in [-0.2, 0) is 6.42 Å². The Balaban J connectivity index is 1.47. The topological polar surface area (TPSA) is 62.2 Å². The van der Waals surface area contributed by atoms with Crippen LogP contribution in [0, 0.1) is 17.5 Å². The van der Waals surface area contributed by atoms with Crippen LogP contribution in [0.2, 0.25) is 0 Å². The van der Waals surface area contributed by atoms with Crippen LogP contribution in [0.15, 0.2) is 30.3 Å². The van der Waals surface area contributed by atoms with Crippen molar-refractivity contribution >= 4 is 11.4 Å². The van der Waals surface area contributed by atoms with Crippen molar-refractivity contribution in [1.82, 2.24) is 14.7 Å². The van der Waals surface area contributed by atoms with E-state index in [1.165, 1.54) is 18.2 Å². The molecular weight excluding hydrogens is 445 g/mol. The average molecular weight is 479 g/mol. The summed E-state index contributed by atoms with van der Waals surface area (Å²) in [5.74, 6) is -2.90. The standard InChI is InChI=1S/C25H33F3N4O2/c1-4-16-5-8-21(20(27)11-16)29-23-18(6-7-19(26)22(23)28)24(33)32-14-25(34,15-32)13-31(3)17-9-10-30(2)12-17/h5-8,11,17,24,29,33-34H,4,9-10,12-15H2,1-3H3. The number of benzene rings is 2. The highest BCUT2D eigenvalue weighted by Gasteiger charge is 2.46. The maximum Gasteiger partial charge on any atom is 0.182 e. The third kappa shape index (κ3) is 5.08. The molecule has 0 saturated carbocycles. The minimum atomic E-state index is -1.29. The largest absolute Gasteiger partial charge is 0.386 e. The summed E-state index contributed by atoms with van der Waals surface area (Å²) in [5.41, 5.74) is -0.496. The van der Waals surface area contributed by atoms with Gasteiger partial charge in [-0.3, -0.25) is 9.80 Å². The van der Waals surface area contributed by atoms with Gasteiger partial charge in [0.2, 0.25) is 0 Å². The first-order valence-corrected chi connectivity index (χ1v) is 11.7. The molecule has 2 saturated heterocycles. The van der Waals surface area contributed by atoms with Crippen molar-refractivity contribution in [2.24, 2.45) is 0 Å². The first kappa shape index (κ1) is 24.9. The molecular formula is C25H33F3N4O2. The summed E-state index contributed by atoms with van der Waals surface area (Å²) in [5, 5.41) is 24.5. The zero-order valence-electron chi connectivity index (χ0n) is 19.9. The van der Waals surface area contributed by atoms with Crippen LogP contribution in [0.3, 0.4) is 0 Å². The number of aliphatic hydroxyl groups excluding tert-OH is 1. The first-order valence-electron chi connectivity index (χ1n) is 11.7. The molecule has 6 nitrogen and oxygen atoms in total. The summed E-state index contributed by atoms with van der Waals surface area (Å²) < 4.78 is 43.3. The second-order valence-electron chi connectivity index (χ2n) is 9.74. The van der Waals surface area contributed by atoms with E-state index in [1.807, 2.05) is 14.0 Å².